The smallest absolute Gasteiger partial charge is 0.457 e. The molecule has 0 aliphatic rings. The molecule has 0 aromatic carbocycles. The van der Waals surface area contributed by atoms with Crippen molar-refractivity contribution < 1.29 is 59.6 Å². The number of ether oxygens (including phenoxy) is 5. The average Bonchev–Trinajstić information content (AvgIpc) is 2.49. The molecule has 148 valence electrons. The Morgan fingerprint density at radius 3 is 1.00 bits per heavy atom. The second-order valence-corrected chi connectivity index (χ2v) is 4.10. The molecule has 0 saturated carbocycles. The summed E-state index contributed by atoms with van der Waals surface area (Å²) in [4.78, 5) is 20.6. The van der Waals surface area contributed by atoms with Crippen LogP contribution in [0.1, 0.15) is 0 Å². The van der Waals surface area contributed by atoms with E-state index < -0.39 is 37.5 Å². The zero-order valence-corrected chi connectivity index (χ0v) is 12.8. The summed E-state index contributed by atoms with van der Waals surface area (Å²) in [7, 11) is 0. The predicted octanol–water partition coefficient (Wildman–Crippen LogP) is 1.25. The quantitative estimate of drug-likeness (QED) is 0.284. The Morgan fingerprint density at radius 2 is 0.760 bits per heavy atom. The number of carbonyl (C=O) groups is 2. The maximum atomic E-state index is 11.7. The van der Waals surface area contributed by atoms with Crippen molar-refractivity contribution in [1.82, 2.24) is 0 Å². The van der Waals surface area contributed by atoms with Gasteiger partial charge in [0.05, 0.1) is 39.6 Å². The van der Waals surface area contributed by atoms with Crippen LogP contribution in [0.3, 0.4) is 0 Å². The maximum absolute atomic E-state index is 11.7. The molecular weight excluding hydrogens is 370 g/mol. The van der Waals surface area contributed by atoms with Crippen LogP contribution < -0.4 is 0 Å². The highest BCUT2D eigenvalue weighted by Crippen LogP contribution is 2.16. The SMILES string of the molecule is O=C(OCCOCCOCCOCCOC(=O)C(F)(F)F)C(F)(F)F. The molecule has 13 heteroatoms. The highest BCUT2D eigenvalue weighted by Gasteiger charge is 2.41. The molecule has 0 bridgehead atoms. The Kier molecular flexibility index (Phi) is 11.1. The zero-order valence-electron chi connectivity index (χ0n) is 12.8. The van der Waals surface area contributed by atoms with Crippen molar-refractivity contribution in [3.05, 3.63) is 0 Å². The van der Waals surface area contributed by atoms with Gasteiger partial charge in [-0.1, -0.05) is 0 Å². The summed E-state index contributed by atoms with van der Waals surface area (Å²) in [5, 5.41) is 0. The second-order valence-electron chi connectivity index (χ2n) is 4.10. The number of alkyl halides is 6. The Morgan fingerprint density at radius 1 is 0.520 bits per heavy atom. The van der Waals surface area contributed by atoms with Gasteiger partial charge in [0.25, 0.3) is 0 Å². The zero-order chi connectivity index (χ0) is 19.3. The molecular formula is C12H16F6O7. The van der Waals surface area contributed by atoms with Crippen molar-refractivity contribution in [3.63, 3.8) is 0 Å². The summed E-state index contributed by atoms with van der Waals surface area (Å²) in [5.74, 6) is -4.60. The monoisotopic (exact) mass is 386 g/mol. The van der Waals surface area contributed by atoms with Crippen molar-refractivity contribution >= 4 is 11.9 Å². The molecule has 0 rings (SSSR count). The van der Waals surface area contributed by atoms with Gasteiger partial charge in [0.15, 0.2) is 0 Å². The van der Waals surface area contributed by atoms with Gasteiger partial charge < -0.3 is 23.7 Å². The lowest BCUT2D eigenvalue weighted by atomic mass is 10.6. The van der Waals surface area contributed by atoms with Crippen LogP contribution >= 0.6 is 0 Å². The van der Waals surface area contributed by atoms with E-state index in [2.05, 4.69) is 9.47 Å². The summed E-state index contributed by atoms with van der Waals surface area (Å²) in [6.45, 7) is -1.42. The molecule has 25 heavy (non-hydrogen) atoms. The van der Waals surface area contributed by atoms with E-state index in [0.29, 0.717) is 0 Å². The second kappa shape index (κ2) is 11.9. The minimum absolute atomic E-state index is 0.0206. The molecule has 0 unspecified atom stereocenters. The fourth-order valence-corrected chi connectivity index (χ4v) is 1.09. The molecule has 0 aromatic rings. The molecule has 0 amide bonds. The van der Waals surface area contributed by atoms with Crippen LogP contribution in [0, 0.1) is 0 Å². The molecule has 0 fully saturated rings. The van der Waals surface area contributed by atoms with E-state index in [-0.39, 0.29) is 39.6 Å². The van der Waals surface area contributed by atoms with Gasteiger partial charge in [0, 0.05) is 0 Å². The summed E-state index contributed by atoms with van der Waals surface area (Å²) in [6, 6.07) is 0. The first kappa shape index (κ1) is 23.4. The van der Waals surface area contributed by atoms with Crippen LogP contribution in [0.4, 0.5) is 26.3 Å². The normalized spacial score (nSPS) is 12.1. The van der Waals surface area contributed by atoms with Crippen LogP contribution in [0.5, 0.6) is 0 Å². The lowest BCUT2D eigenvalue weighted by molar-refractivity contribution is -0.200. The van der Waals surface area contributed by atoms with Gasteiger partial charge in [-0.05, 0) is 0 Å². The van der Waals surface area contributed by atoms with Gasteiger partial charge in [-0.15, -0.1) is 0 Å². The van der Waals surface area contributed by atoms with Crippen LogP contribution in [-0.4, -0.2) is 77.1 Å². The van der Waals surface area contributed by atoms with Crippen molar-refractivity contribution in [2.45, 2.75) is 12.4 Å². The fraction of sp³-hybridized carbons (Fsp3) is 0.833. The Bertz CT molecular complexity index is 360. The summed E-state index contributed by atoms with van der Waals surface area (Å²) < 4.78 is 92.8. The van der Waals surface area contributed by atoms with E-state index in [1.165, 1.54) is 0 Å². The first-order chi connectivity index (χ1) is 11.5. The molecule has 0 N–H and O–H groups in total. The summed E-state index contributed by atoms with van der Waals surface area (Å²) in [5.41, 5.74) is 0. The lowest BCUT2D eigenvalue weighted by Gasteiger charge is -2.09. The predicted molar refractivity (Wildman–Crippen MR) is 66.5 cm³/mol. The number of esters is 2. The number of carbonyl (C=O) groups excluding carboxylic acids is 2. The molecule has 0 saturated heterocycles. The van der Waals surface area contributed by atoms with E-state index in [1.54, 1.807) is 0 Å². The van der Waals surface area contributed by atoms with Gasteiger partial charge in [-0.25, -0.2) is 9.59 Å². The van der Waals surface area contributed by atoms with Crippen LogP contribution in [0.25, 0.3) is 0 Å². The third-order valence-corrected chi connectivity index (χ3v) is 2.13. The number of hydrogen-bond acceptors (Lipinski definition) is 7. The van der Waals surface area contributed by atoms with E-state index in [0.717, 1.165) is 0 Å². The van der Waals surface area contributed by atoms with Crippen LogP contribution in [-0.2, 0) is 33.3 Å². The van der Waals surface area contributed by atoms with Crippen LogP contribution in [0.2, 0.25) is 0 Å². The van der Waals surface area contributed by atoms with Crippen molar-refractivity contribution in [2.75, 3.05) is 52.9 Å². The molecule has 0 spiro atoms. The molecule has 0 aliphatic heterocycles. The Balaban J connectivity index is 3.30. The van der Waals surface area contributed by atoms with Crippen molar-refractivity contribution in [3.8, 4) is 0 Å². The average molecular weight is 386 g/mol. The van der Waals surface area contributed by atoms with Gasteiger partial charge >= 0.3 is 24.3 Å². The first-order valence-corrected chi connectivity index (χ1v) is 6.76. The largest absolute Gasteiger partial charge is 0.490 e. The van der Waals surface area contributed by atoms with Crippen molar-refractivity contribution in [1.29, 1.82) is 0 Å². The lowest BCUT2D eigenvalue weighted by Crippen LogP contribution is -2.27. The summed E-state index contributed by atoms with van der Waals surface area (Å²) >= 11 is 0. The summed E-state index contributed by atoms with van der Waals surface area (Å²) in [6.07, 6.45) is -10.1. The maximum Gasteiger partial charge on any atom is 0.490 e. The molecule has 0 atom stereocenters. The van der Waals surface area contributed by atoms with E-state index in [4.69, 9.17) is 14.2 Å². The Hall–Kier alpha value is -1.60. The van der Waals surface area contributed by atoms with Gasteiger partial charge in [-0.2, -0.15) is 26.3 Å². The Labute approximate surface area is 138 Å². The number of hydrogen-bond donors (Lipinski definition) is 0. The minimum atomic E-state index is -5.05. The van der Waals surface area contributed by atoms with E-state index >= 15 is 0 Å². The standard InChI is InChI=1S/C12H16F6O7/c13-11(14,15)9(19)24-7-5-22-3-1-21-2-4-23-6-8-25-10(20)12(16,17)18/h1-8H2. The van der Waals surface area contributed by atoms with Crippen molar-refractivity contribution in [2.24, 2.45) is 0 Å². The van der Waals surface area contributed by atoms with E-state index in [9.17, 15) is 35.9 Å². The molecule has 7 nitrogen and oxygen atoms in total. The van der Waals surface area contributed by atoms with E-state index in [1.807, 2.05) is 0 Å². The molecule has 0 aromatic heterocycles. The molecule has 0 aliphatic carbocycles. The first-order valence-electron chi connectivity index (χ1n) is 6.76. The highest BCUT2D eigenvalue weighted by atomic mass is 19.4. The van der Waals surface area contributed by atoms with Gasteiger partial charge in [-0.3, -0.25) is 0 Å². The third kappa shape index (κ3) is 13.4. The third-order valence-electron chi connectivity index (χ3n) is 2.13. The molecule has 0 radical (unpaired) electrons. The number of rotatable bonds is 12. The fourth-order valence-electron chi connectivity index (χ4n) is 1.09. The van der Waals surface area contributed by atoms with Crippen LogP contribution in [0.15, 0.2) is 0 Å². The highest BCUT2D eigenvalue weighted by molar-refractivity contribution is 5.75. The van der Waals surface area contributed by atoms with Gasteiger partial charge in [0.2, 0.25) is 0 Å². The van der Waals surface area contributed by atoms with Gasteiger partial charge in [0.1, 0.15) is 13.2 Å². The topological polar surface area (TPSA) is 80.3 Å². The molecule has 0 heterocycles. The number of halogens is 6. The minimum Gasteiger partial charge on any atom is -0.457 e.